The Morgan fingerprint density at radius 3 is 2.39 bits per heavy atom. The predicted octanol–water partition coefficient (Wildman–Crippen LogP) is 8.03. The average Bonchev–Trinajstić information content (AvgIpc) is 3.32. The Balaban J connectivity index is 1.64. The Morgan fingerprint density at radius 1 is 1.02 bits per heavy atom. The van der Waals surface area contributed by atoms with E-state index in [4.69, 9.17) is 9.47 Å². The van der Waals surface area contributed by atoms with E-state index in [1.165, 1.54) is 13.3 Å². The van der Waals surface area contributed by atoms with Crippen molar-refractivity contribution in [3.05, 3.63) is 102 Å². The second-order valence-corrected chi connectivity index (χ2v) is 10.8. The minimum atomic E-state index is -4.91. The van der Waals surface area contributed by atoms with Gasteiger partial charge in [-0.3, -0.25) is 4.98 Å². The lowest BCUT2D eigenvalue weighted by molar-refractivity contribution is -0.268. The number of allylic oxidation sites excluding steroid dienone is 4. The van der Waals surface area contributed by atoms with Crippen LogP contribution in [0.3, 0.4) is 0 Å². The Morgan fingerprint density at radius 2 is 1.76 bits per heavy atom. The van der Waals surface area contributed by atoms with Gasteiger partial charge in [0.1, 0.15) is 5.75 Å². The third kappa shape index (κ3) is 6.97. The van der Waals surface area contributed by atoms with Crippen molar-refractivity contribution in [2.45, 2.75) is 52.3 Å². The van der Waals surface area contributed by atoms with Crippen molar-refractivity contribution in [2.24, 2.45) is 5.41 Å². The third-order valence-electron chi connectivity index (χ3n) is 7.14. The molecule has 1 unspecified atom stereocenters. The van der Waals surface area contributed by atoms with Crippen LogP contribution in [0.2, 0.25) is 0 Å². The van der Waals surface area contributed by atoms with Crippen LogP contribution < -0.4 is 4.74 Å². The van der Waals surface area contributed by atoms with Gasteiger partial charge < -0.3 is 19.6 Å². The molecule has 0 amide bonds. The number of fused-ring (bicyclic) bond motifs is 1. The van der Waals surface area contributed by atoms with Crippen LogP contribution in [-0.2, 0) is 11.2 Å². The Kier molecular flexibility index (Phi) is 8.58. The highest BCUT2D eigenvalue weighted by Gasteiger charge is 2.56. The van der Waals surface area contributed by atoms with Crippen LogP contribution in [0, 0.1) is 5.41 Å². The lowest BCUT2D eigenvalue weighted by Gasteiger charge is -2.38. The third-order valence-corrected chi connectivity index (χ3v) is 7.14. The minimum absolute atomic E-state index is 0.227. The summed E-state index contributed by atoms with van der Waals surface area (Å²) in [6, 6.07) is 16.0. The van der Waals surface area contributed by atoms with Gasteiger partial charge in [0.25, 0.3) is 0 Å². The van der Waals surface area contributed by atoms with Gasteiger partial charge in [0.15, 0.2) is 5.60 Å². The maximum Gasteiger partial charge on any atom is 0.417 e. The maximum absolute atomic E-state index is 14.6. The number of aromatic amines is 1. The number of methoxy groups -OCH3 is 1. The van der Waals surface area contributed by atoms with Crippen molar-refractivity contribution >= 4 is 16.5 Å². The molecule has 0 fully saturated rings. The topological polar surface area (TPSA) is 80.3 Å². The molecule has 6 nitrogen and oxygen atoms in total. The fraction of sp³-hybridized carbons (Fsp3) is 0.312. The Labute approximate surface area is 237 Å². The van der Waals surface area contributed by atoms with E-state index in [9.17, 15) is 18.3 Å². The van der Waals surface area contributed by atoms with Crippen LogP contribution in [0.1, 0.15) is 45.4 Å². The SMILES string of the molecule is CO/C(C)=C(/C=C(\C)c1cccnc1)C(C)(C)CC(O)(Cc1cc2cc(Oc3ccccc3)ncc2[nH]1)C(F)(F)F. The number of nitrogens with one attached hydrogen (secondary N) is 1. The predicted molar refractivity (Wildman–Crippen MR) is 153 cm³/mol. The first-order valence-electron chi connectivity index (χ1n) is 13.1. The highest BCUT2D eigenvalue weighted by molar-refractivity contribution is 5.80. The summed E-state index contributed by atoms with van der Waals surface area (Å²) in [7, 11) is 1.48. The molecular formula is C32H34F3N3O3. The molecule has 2 N–H and O–H groups in total. The first kappa shape index (κ1) is 29.9. The van der Waals surface area contributed by atoms with Gasteiger partial charge in [-0.2, -0.15) is 13.2 Å². The molecule has 0 spiro atoms. The van der Waals surface area contributed by atoms with E-state index in [2.05, 4.69) is 15.0 Å². The monoisotopic (exact) mass is 565 g/mol. The van der Waals surface area contributed by atoms with Gasteiger partial charge in [-0.1, -0.05) is 44.2 Å². The van der Waals surface area contributed by atoms with Gasteiger partial charge in [-0.25, -0.2) is 4.98 Å². The van der Waals surface area contributed by atoms with Crippen molar-refractivity contribution < 1.29 is 27.8 Å². The lowest BCUT2D eigenvalue weighted by Crippen LogP contribution is -2.50. The van der Waals surface area contributed by atoms with E-state index in [1.807, 2.05) is 31.2 Å². The molecule has 0 bridgehead atoms. The second-order valence-electron chi connectivity index (χ2n) is 10.8. The number of hydrogen-bond donors (Lipinski definition) is 2. The molecule has 0 aliphatic rings. The minimum Gasteiger partial charge on any atom is -0.501 e. The van der Waals surface area contributed by atoms with Crippen molar-refractivity contribution in [3.8, 4) is 11.6 Å². The number of aliphatic hydroxyl groups is 1. The fourth-order valence-electron chi connectivity index (χ4n) is 5.02. The number of H-pyrrole nitrogens is 1. The summed E-state index contributed by atoms with van der Waals surface area (Å²) in [6.07, 6.45) is 0.457. The number of nitrogens with zero attached hydrogens (tertiary/aromatic N) is 2. The first-order chi connectivity index (χ1) is 19.3. The van der Waals surface area contributed by atoms with Crippen molar-refractivity contribution in [2.75, 3.05) is 7.11 Å². The van der Waals surface area contributed by atoms with Crippen LogP contribution in [0.4, 0.5) is 13.2 Å². The quantitative estimate of drug-likeness (QED) is 0.150. The normalized spacial score (nSPS) is 14.9. The van der Waals surface area contributed by atoms with E-state index in [0.29, 0.717) is 33.9 Å². The van der Waals surface area contributed by atoms with Crippen LogP contribution in [0.15, 0.2) is 90.6 Å². The largest absolute Gasteiger partial charge is 0.501 e. The zero-order valence-electron chi connectivity index (χ0n) is 23.7. The first-order valence-corrected chi connectivity index (χ1v) is 13.1. The van der Waals surface area contributed by atoms with Gasteiger partial charge in [0.2, 0.25) is 5.88 Å². The van der Waals surface area contributed by atoms with Gasteiger partial charge in [0, 0.05) is 36.0 Å². The highest BCUT2D eigenvalue weighted by Crippen LogP contribution is 2.46. The number of rotatable bonds is 10. The van der Waals surface area contributed by atoms with Crippen molar-refractivity contribution in [1.29, 1.82) is 0 Å². The van der Waals surface area contributed by atoms with Crippen LogP contribution >= 0.6 is 0 Å². The zero-order valence-corrected chi connectivity index (χ0v) is 23.7. The number of benzene rings is 1. The number of pyridine rings is 2. The summed E-state index contributed by atoms with van der Waals surface area (Å²) < 4.78 is 55.0. The number of hydrogen-bond acceptors (Lipinski definition) is 5. The molecule has 0 saturated carbocycles. The molecule has 0 aliphatic heterocycles. The fourth-order valence-corrected chi connectivity index (χ4v) is 5.02. The smallest absolute Gasteiger partial charge is 0.417 e. The summed E-state index contributed by atoms with van der Waals surface area (Å²) in [5, 5.41) is 11.9. The molecule has 9 heteroatoms. The van der Waals surface area contributed by atoms with E-state index in [-0.39, 0.29) is 5.69 Å². The average molecular weight is 566 g/mol. The molecule has 3 aromatic heterocycles. The Hall–Kier alpha value is -4.11. The summed E-state index contributed by atoms with van der Waals surface area (Å²) >= 11 is 0. The van der Waals surface area contributed by atoms with Crippen LogP contribution in [0.5, 0.6) is 11.6 Å². The van der Waals surface area contributed by atoms with Crippen LogP contribution in [-0.4, -0.2) is 38.9 Å². The van der Waals surface area contributed by atoms with Crippen molar-refractivity contribution in [1.82, 2.24) is 15.0 Å². The highest BCUT2D eigenvalue weighted by atomic mass is 19.4. The molecule has 0 aliphatic carbocycles. The molecule has 3 heterocycles. The van der Waals surface area contributed by atoms with Gasteiger partial charge in [-0.05, 0) is 66.7 Å². The summed E-state index contributed by atoms with van der Waals surface area (Å²) in [5.74, 6) is 1.36. The summed E-state index contributed by atoms with van der Waals surface area (Å²) in [5.41, 5.74) is -1.21. The number of alkyl halides is 3. The van der Waals surface area contributed by atoms with Crippen molar-refractivity contribution in [3.63, 3.8) is 0 Å². The lowest BCUT2D eigenvalue weighted by atomic mass is 9.72. The second kappa shape index (κ2) is 11.8. The molecule has 4 rings (SSSR count). The zero-order chi connectivity index (χ0) is 29.8. The molecule has 4 aromatic rings. The number of aromatic nitrogens is 3. The molecule has 41 heavy (non-hydrogen) atoms. The van der Waals surface area contributed by atoms with Gasteiger partial charge in [0.05, 0.1) is 24.6 Å². The number of para-hydroxylation sites is 1. The number of ether oxygens (including phenoxy) is 2. The van der Waals surface area contributed by atoms with E-state index >= 15 is 0 Å². The molecular weight excluding hydrogens is 531 g/mol. The van der Waals surface area contributed by atoms with E-state index in [0.717, 1.165) is 11.1 Å². The summed E-state index contributed by atoms with van der Waals surface area (Å²) in [4.78, 5) is 11.4. The van der Waals surface area contributed by atoms with E-state index in [1.54, 1.807) is 69.6 Å². The maximum atomic E-state index is 14.6. The summed E-state index contributed by atoms with van der Waals surface area (Å²) in [6.45, 7) is 6.92. The molecule has 1 atom stereocenters. The van der Waals surface area contributed by atoms with Gasteiger partial charge in [-0.15, -0.1) is 0 Å². The molecule has 1 aromatic carbocycles. The molecule has 0 radical (unpaired) electrons. The Bertz CT molecular complexity index is 1540. The van der Waals surface area contributed by atoms with Crippen LogP contribution in [0.25, 0.3) is 16.5 Å². The molecule has 0 saturated heterocycles. The van der Waals surface area contributed by atoms with E-state index < -0.39 is 30.0 Å². The number of halogens is 3. The standard InChI is InChI=1S/C32H34F3N3O3/c1-21(23-10-9-13-36-18-23)14-27(22(2)40-5)30(3,4)20-31(39,32(33,34)35)17-25-15-24-16-29(37-19-28(24)38-25)41-26-11-7-6-8-12-26/h6-16,18-19,38-39H,17,20H2,1-5H3/b21-14+,27-22-. The van der Waals surface area contributed by atoms with Gasteiger partial charge >= 0.3 is 6.18 Å². The molecule has 216 valence electrons.